The van der Waals surface area contributed by atoms with Gasteiger partial charge in [0.2, 0.25) is 0 Å². The first kappa shape index (κ1) is 40.1. The third-order valence-electron chi connectivity index (χ3n) is 15.7. The van der Waals surface area contributed by atoms with E-state index in [1.54, 1.807) is 0 Å². The summed E-state index contributed by atoms with van der Waals surface area (Å²) in [6, 6.07) is 77.4. The van der Waals surface area contributed by atoms with Crippen molar-refractivity contribution in [2.24, 2.45) is 0 Å². The van der Waals surface area contributed by atoms with E-state index in [-0.39, 0.29) is 0 Å². The van der Waals surface area contributed by atoms with Crippen LogP contribution >= 0.6 is 0 Å². The zero-order valence-electron chi connectivity index (χ0n) is 39.2. The summed E-state index contributed by atoms with van der Waals surface area (Å²) in [5, 5.41) is 14.9. The van der Waals surface area contributed by atoms with Gasteiger partial charge in [-0.1, -0.05) is 188 Å². The molecule has 1 heterocycles. The topological polar surface area (TPSA) is 13.1 Å². The summed E-state index contributed by atoms with van der Waals surface area (Å²) in [4.78, 5) is 0. The van der Waals surface area contributed by atoms with E-state index in [0.717, 1.165) is 47.6 Å². The second kappa shape index (κ2) is 15.9. The van der Waals surface area contributed by atoms with Crippen molar-refractivity contribution >= 4 is 88.0 Å². The number of allylic oxidation sites excluding steroid dienone is 2. The second-order valence-corrected chi connectivity index (χ2v) is 19.6. The van der Waals surface area contributed by atoms with Gasteiger partial charge in [-0.3, -0.25) is 0 Å². The van der Waals surface area contributed by atoms with Gasteiger partial charge in [-0.15, -0.1) is 0 Å². The van der Waals surface area contributed by atoms with Gasteiger partial charge in [-0.25, -0.2) is 0 Å². The zero-order valence-corrected chi connectivity index (χ0v) is 39.2. The highest BCUT2D eigenvalue weighted by Gasteiger charge is 2.26. The molecule has 0 unspecified atom stereocenters. The van der Waals surface area contributed by atoms with Crippen LogP contribution in [0, 0.1) is 0 Å². The van der Waals surface area contributed by atoms with Crippen LogP contribution in [-0.4, -0.2) is 0 Å². The summed E-state index contributed by atoms with van der Waals surface area (Å²) in [6.45, 7) is 0. The molecule has 15 rings (SSSR count). The SMILES string of the molecule is C1=Cc2c(c(-c3cc(-c4cc5c(oc6ccccc65)c5c4CCC=C5)cc(-c4c5ccccc5c(-c5ccc6ccccc6c5)c5ccccc45)c3)c3ccccc3c2-c2ccc3ccccc3c2)CC1. The zero-order chi connectivity index (χ0) is 46.6. The highest BCUT2D eigenvalue weighted by molar-refractivity contribution is 6.22. The fourth-order valence-corrected chi connectivity index (χ4v) is 12.6. The van der Waals surface area contributed by atoms with Crippen LogP contribution in [0.5, 0.6) is 0 Å². The predicted molar refractivity (Wildman–Crippen MR) is 303 cm³/mol. The molecule has 1 aromatic heterocycles. The molecule has 13 aromatic rings. The molecule has 12 aromatic carbocycles. The first-order chi connectivity index (χ1) is 35.2. The molecular weight excluding hydrogens is 857 g/mol. The second-order valence-electron chi connectivity index (χ2n) is 19.6. The molecule has 1 nitrogen and oxygen atoms in total. The van der Waals surface area contributed by atoms with Crippen molar-refractivity contribution < 1.29 is 4.42 Å². The van der Waals surface area contributed by atoms with Gasteiger partial charge in [0.1, 0.15) is 11.2 Å². The van der Waals surface area contributed by atoms with Crippen LogP contribution in [0.3, 0.4) is 0 Å². The molecule has 0 amide bonds. The Labute approximate surface area is 412 Å². The van der Waals surface area contributed by atoms with Crippen LogP contribution < -0.4 is 0 Å². The maximum absolute atomic E-state index is 6.72. The summed E-state index contributed by atoms with van der Waals surface area (Å²) in [6.07, 6.45) is 13.3. The normalized spacial score (nSPS) is 13.3. The van der Waals surface area contributed by atoms with Gasteiger partial charge in [-0.05, 0) is 194 Å². The molecule has 332 valence electrons. The van der Waals surface area contributed by atoms with Crippen molar-refractivity contribution in [3.05, 3.63) is 241 Å². The minimum Gasteiger partial charge on any atom is -0.455 e. The van der Waals surface area contributed by atoms with Gasteiger partial charge in [0.15, 0.2) is 0 Å². The Bertz CT molecular complexity index is 4400. The highest BCUT2D eigenvalue weighted by atomic mass is 16.3. The van der Waals surface area contributed by atoms with Gasteiger partial charge in [0, 0.05) is 16.3 Å². The van der Waals surface area contributed by atoms with Gasteiger partial charge < -0.3 is 4.42 Å². The smallest absolute Gasteiger partial charge is 0.142 e. The highest BCUT2D eigenvalue weighted by Crippen LogP contribution is 2.50. The van der Waals surface area contributed by atoms with Crippen LogP contribution in [0.25, 0.3) is 144 Å². The van der Waals surface area contributed by atoms with Gasteiger partial charge in [0.05, 0.1) is 0 Å². The number of fused-ring (bicyclic) bond motifs is 11. The molecule has 0 saturated carbocycles. The third kappa shape index (κ3) is 6.26. The summed E-state index contributed by atoms with van der Waals surface area (Å²) < 4.78 is 6.72. The van der Waals surface area contributed by atoms with Crippen molar-refractivity contribution in [1.29, 1.82) is 0 Å². The molecule has 0 radical (unpaired) electrons. The van der Waals surface area contributed by atoms with Crippen molar-refractivity contribution in [3.8, 4) is 55.6 Å². The Morgan fingerprint density at radius 2 is 0.746 bits per heavy atom. The van der Waals surface area contributed by atoms with Crippen LogP contribution in [0.4, 0.5) is 0 Å². The largest absolute Gasteiger partial charge is 0.455 e. The minimum atomic E-state index is 0.928. The van der Waals surface area contributed by atoms with Crippen molar-refractivity contribution in [3.63, 3.8) is 0 Å². The van der Waals surface area contributed by atoms with Gasteiger partial charge in [0.25, 0.3) is 0 Å². The average Bonchev–Trinajstić information content (AvgIpc) is 3.82. The van der Waals surface area contributed by atoms with Crippen LogP contribution in [0.2, 0.25) is 0 Å². The summed E-state index contributed by atoms with van der Waals surface area (Å²) >= 11 is 0. The Balaban J connectivity index is 1.06. The molecule has 0 saturated heterocycles. The van der Waals surface area contributed by atoms with E-state index >= 15 is 0 Å². The van der Waals surface area contributed by atoms with E-state index in [9.17, 15) is 0 Å². The fourth-order valence-electron chi connectivity index (χ4n) is 12.6. The number of benzene rings is 12. The molecule has 0 atom stereocenters. The number of furan rings is 1. The monoisotopic (exact) mass is 902 g/mol. The number of rotatable bonds is 5. The molecule has 0 fully saturated rings. The van der Waals surface area contributed by atoms with E-state index in [4.69, 9.17) is 4.42 Å². The third-order valence-corrected chi connectivity index (χ3v) is 15.7. The number of hydrogen-bond donors (Lipinski definition) is 0. The van der Waals surface area contributed by atoms with Gasteiger partial charge in [-0.2, -0.15) is 0 Å². The molecule has 2 aliphatic carbocycles. The lowest BCUT2D eigenvalue weighted by Gasteiger charge is -2.25. The Kier molecular flexibility index (Phi) is 8.98. The van der Waals surface area contributed by atoms with E-state index in [2.05, 4.69) is 231 Å². The minimum absolute atomic E-state index is 0.928. The lowest BCUT2D eigenvalue weighted by atomic mass is 9.78. The first-order valence-corrected chi connectivity index (χ1v) is 25.2. The lowest BCUT2D eigenvalue weighted by Crippen LogP contribution is -2.03. The van der Waals surface area contributed by atoms with Gasteiger partial charge >= 0.3 is 0 Å². The molecule has 0 spiro atoms. The van der Waals surface area contributed by atoms with E-state index in [1.807, 2.05) is 0 Å². The molecule has 2 aliphatic rings. The standard InChI is InChI=1S/C70H46O/c1-3-19-45-37-47(35-33-43(45)17-1)66-54-23-6-10-27-58(54)68(59-28-11-7-24-55(59)66)50-39-49(63-42-64-53-22-15-16-32-65(53)71-70(64)62-31-14-5-21-52(62)63)40-51(41-50)69-60-29-12-8-25-56(60)67(57-26-9-13-30-61(57)69)48-36-34-44-18-2-4-20-46(44)38-48/h1-4,6-12,14-20,22-29,31-42H,5,13,21,30H2. The number of hydrogen-bond acceptors (Lipinski definition) is 1. The Morgan fingerprint density at radius 3 is 1.37 bits per heavy atom. The summed E-state index contributed by atoms with van der Waals surface area (Å²) in [7, 11) is 0. The maximum Gasteiger partial charge on any atom is 0.142 e. The number of para-hydroxylation sites is 1. The van der Waals surface area contributed by atoms with Crippen LogP contribution in [-0.2, 0) is 12.8 Å². The lowest BCUT2D eigenvalue weighted by molar-refractivity contribution is 0.666. The molecule has 71 heavy (non-hydrogen) atoms. The van der Waals surface area contributed by atoms with Crippen molar-refractivity contribution in [2.45, 2.75) is 25.7 Å². The summed E-state index contributed by atoms with van der Waals surface area (Å²) in [5.74, 6) is 0. The quantitative estimate of drug-likeness (QED) is 0.157. The Morgan fingerprint density at radius 1 is 0.296 bits per heavy atom. The van der Waals surface area contributed by atoms with E-state index in [0.29, 0.717) is 0 Å². The molecular formula is C70H46O. The average molecular weight is 903 g/mol. The fraction of sp³-hybridized carbons (Fsp3) is 0.0571. The van der Waals surface area contributed by atoms with Crippen molar-refractivity contribution in [1.82, 2.24) is 0 Å². The summed E-state index contributed by atoms with van der Waals surface area (Å²) in [5.41, 5.74) is 19.9. The van der Waals surface area contributed by atoms with Crippen molar-refractivity contribution in [2.75, 3.05) is 0 Å². The molecule has 1 heteroatoms. The first-order valence-electron chi connectivity index (χ1n) is 25.2. The Hall–Kier alpha value is -8.78. The molecule has 0 N–H and O–H groups in total. The molecule has 0 bridgehead atoms. The predicted octanol–water partition coefficient (Wildman–Crippen LogP) is 19.6. The van der Waals surface area contributed by atoms with Crippen LogP contribution in [0.1, 0.15) is 35.1 Å². The van der Waals surface area contributed by atoms with E-state index in [1.165, 1.54) is 132 Å². The molecule has 0 aliphatic heterocycles. The maximum atomic E-state index is 6.72. The van der Waals surface area contributed by atoms with Crippen LogP contribution in [0.15, 0.2) is 223 Å². The van der Waals surface area contributed by atoms with E-state index < -0.39 is 0 Å².